The first kappa shape index (κ1) is 87.5. The highest BCUT2D eigenvalue weighted by Gasteiger charge is 2.45. The van der Waals surface area contributed by atoms with Crippen LogP contribution in [0.25, 0.3) is 92.5 Å². The van der Waals surface area contributed by atoms with E-state index in [1.165, 1.54) is 115 Å². The molecule has 0 saturated carbocycles. The van der Waals surface area contributed by atoms with Gasteiger partial charge in [0.05, 0.1) is 51.4 Å². The summed E-state index contributed by atoms with van der Waals surface area (Å²) in [5.41, 5.74) is 14.3. The van der Waals surface area contributed by atoms with E-state index in [2.05, 4.69) is 111 Å². The van der Waals surface area contributed by atoms with Crippen molar-refractivity contribution in [1.29, 1.82) is 0 Å². The Morgan fingerprint density at radius 3 is 1.00 bits per heavy atom. The largest absolute Gasteiger partial charge is 0.466 e. The normalized spacial score (nSPS) is 12.2. The second-order valence-electron chi connectivity index (χ2n) is 29.6. The van der Waals surface area contributed by atoms with Gasteiger partial charge in [0, 0.05) is 108 Å². The highest BCUT2D eigenvalue weighted by Crippen LogP contribution is 2.51. The number of aryl methyl sites for hydroxylation is 6. The summed E-state index contributed by atoms with van der Waals surface area (Å²) in [7, 11) is -2.43. The summed E-state index contributed by atoms with van der Waals surface area (Å²) in [6, 6.07) is 39.8. The van der Waals surface area contributed by atoms with Crippen LogP contribution in [0.2, 0.25) is 12.1 Å². The molecule has 0 amide bonds. The van der Waals surface area contributed by atoms with E-state index >= 15 is 0 Å². The minimum atomic E-state index is -2.43. The maximum absolute atomic E-state index is 12.6. The molecule has 14 nitrogen and oxygen atoms in total. The molecule has 608 valence electrons. The Morgan fingerprint density at radius 2 is 0.623 bits per heavy atom. The lowest BCUT2D eigenvalue weighted by atomic mass is 10.0. The van der Waals surface area contributed by atoms with Gasteiger partial charge in [-0.05, 0) is 255 Å². The first-order chi connectivity index (χ1) is 55.5. The van der Waals surface area contributed by atoms with Gasteiger partial charge in [-0.1, -0.05) is 105 Å². The van der Waals surface area contributed by atoms with Gasteiger partial charge in [-0.15, -0.1) is 68.0 Å². The van der Waals surface area contributed by atoms with Crippen LogP contribution in [0.1, 0.15) is 228 Å². The van der Waals surface area contributed by atoms with E-state index in [0.29, 0.717) is 78.2 Å². The molecule has 0 fully saturated rings. The molecule has 0 bridgehead atoms. The van der Waals surface area contributed by atoms with Crippen molar-refractivity contribution in [3.05, 3.63) is 130 Å². The van der Waals surface area contributed by atoms with Crippen molar-refractivity contribution in [1.82, 2.24) is 8.75 Å². The van der Waals surface area contributed by atoms with Gasteiger partial charge in [0.1, 0.15) is 19.1 Å². The number of benzene rings is 3. The molecule has 114 heavy (non-hydrogen) atoms. The molecule has 0 spiro atoms. The molecule has 0 atom stereocenters. The van der Waals surface area contributed by atoms with E-state index in [1.807, 2.05) is 110 Å². The molecule has 0 unspecified atom stereocenters. The Bertz CT molecular complexity index is 4820. The van der Waals surface area contributed by atoms with Crippen LogP contribution >= 0.6 is 79.7 Å². The number of hydrogen-bond donors (Lipinski definition) is 0. The number of unbranched alkanes of at least 4 members (excludes halogenated alkanes) is 12. The molecule has 1 aliphatic rings. The highest BCUT2D eigenvalue weighted by atomic mass is 32.1. The second-order valence-corrected chi connectivity index (χ2v) is 41.0. The van der Waals surface area contributed by atoms with Gasteiger partial charge >= 0.3 is 35.8 Å². The SMILES string of the molecule is CCOC(=O)CCCCCc1cc(C)sc1-c1ccc(-c2sc(-c3ccc(-c4cc(CCCCCC(=O)OCC)c(-c5ccc(-c6sc(-c7ccc8c(c7)[Si](CCCCCC(=O)OCC)(CCCCCC(=O)OCC)c7cc(C)ccc7-8)cc6CCCCCC(=O)OCC)s5)s4)c4nsnc34)cc2CCCCCC(=O)OCC)s1. The third-order valence-electron chi connectivity index (χ3n) is 21.3. The smallest absolute Gasteiger partial charge is 0.305 e. The Labute approximate surface area is 703 Å². The summed E-state index contributed by atoms with van der Waals surface area (Å²) in [5, 5.41) is 3.00. The minimum absolute atomic E-state index is 0.120. The maximum atomic E-state index is 12.6. The molecule has 0 aliphatic carbocycles. The zero-order valence-electron chi connectivity index (χ0n) is 67.8. The molecule has 0 N–H and O–H groups in total. The van der Waals surface area contributed by atoms with Crippen LogP contribution in [-0.2, 0) is 82.9 Å². The predicted molar refractivity (Wildman–Crippen MR) is 478 cm³/mol. The molecule has 3 aromatic carbocycles. The van der Waals surface area contributed by atoms with Crippen LogP contribution in [0.3, 0.4) is 0 Å². The number of aromatic nitrogens is 2. The fourth-order valence-electron chi connectivity index (χ4n) is 15.9. The highest BCUT2D eigenvalue weighted by molar-refractivity contribution is 7.29. The lowest BCUT2D eigenvalue weighted by molar-refractivity contribution is -0.144. The summed E-state index contributed by atoms with van der Waals surface area (Å²) < 4.78 is 42.1. The van der Waals surface area contributed by atoms with E-state index in [4.69, 9.17) is 37.2 Å². The van der Waals surface area contributed by atoms with Crippen molar-refractivity contribution in [2.45, 2.75) is 247 Å². The average molecular weight is 1690 g/mol. The third kappa shape index (κ3) is 23.3. The summed E-state index contributed by atoms with van der Waals surface area (Å²) in [6.07, 6.45) is 22.2. The van der Waals surface area contributed by atoms with E-state index < -0.39 is 8.07 Å². The number of ether oxygens (including phenoxy) is 6. The minimum Gasteiger partial charge on any atom is -0.466 e. The number of thiophene rings is 6. The van der Waals surface area contributed by atoms with Gasteiger partial charge in [0.2, 0.25) is 0 Å². The maximum Gasteiger partial charge on any atom is 0.305 e. The molecule has 10 aromatic rings. The van der Waals surface area contributed by atoms with Crippen molar-refractivity contribution in [3.63, 3.8) is 0 Å². The van der Waals surface area contributed by atoms with Crippen molar-refractivity contribution < 1.29 is 57.2 Å². The van der Waals surface area contributed by atoms with Gasteiger partial charge < -0.3 is 28.4 Å². The van der Waals surface area contributed by atoms with E-state index in [-0.39, 0.29) is 35.8 Å². The summed E-state index contributed by atoms with van der Waals surface area (Å²) in [4.78, 5) is 89.5. The molecule has 8 heterocycles. The standard InChI is InChI=1S/C92H112N2O12S7Si/c1-9-101-81(95)37-25-15-21-33-64-56-62(8)107-89(64)72-49-50-74(108-72)91-66(35-23-17-27-39-83(97)103-11-3)58-77(111-91)70-47-48-71(88-87(70)93-113-94-88)78-59-67(36-24-18-28-40-84(98)104-12-4)92(112-78)75-52-51-73(109-75)90-65(34-22-16-26-38-82(96)102-10-2)57-76(110-90)63-44-46-69-68-45-43-61(7)55-79(68)114(80(69)60-63,53-31-19-29-41-85(99)105-13-5)54-32-20-30-42-86(100)106-14-6/h43-52,55-60H,9-42,53-54H2,1-8H3. The van der Waals surface area contributed by atoms with Crippen LogP contribution in [0, 0.1) is 13.8 Å². The molecule has 11 rings (SSSR count). The first-order valence-corrected chi connectivity index (χ1v) is 49.7. The quantitative estimate of drug-likeness (QED) is 0.0152. The Balaban J connectivity index is 0.926. The van der Waals surface area contributed by atoms with Crippen molar-refractivity contribution in [2.75, 3.05) is 39.6 Å². The van der Waals surface area contributed by atoms with Gasteiger partial charge in [0.15, 0.2) is 0 Å². The predicted octanol–water partition coefficient (Wildman–Crippen LogP) is 24.8. The Kier molecular flexibility index (Phi) is 34.0. The monoisotopic (exact) mass is 1690 g/mol. The number of carbonyl (C=O) groups excluding carboxylic acids is 6. The van der Waals surface area contributed by atoms with Crippen molar-refractivity contribution in [2.24, 2.45) is 0 Å². The van der Waals surface area contributed by atoms with Crippen LogP contribution in [0.4, 0.5) is 0 Å². The Hall–Kier alpha value is -7.28. The lowest BCUT2D eigenvalue weighted by Gasteiger charge is -2.31. The van der Waals surface area contributed by atoms with E-state index in [1.54, 1.807) is 0 Å². The average Bonchev–Trinajstić information content (AvgIpc) is 1.56. The van der Waals surface area contributed by atoms with Gasteiger partial charge in [-0.25, -0.2) is 0 Å². The fraction of sp³-hybridized carbons (Fsp3) is 0.478. The molecule has 22 heteroatoms. The number of nitrogens with zero attached hydrogens (tertiary/aromatic N) is 2. The topological polar surface area (TPSA) is 184 Å². The molecule has 7 aromatic heterocycles. The van der Waals surface area contributed by atoms with Crippen LogP contribution < -0.4 is 10.4 Å². The number of rotatable bonds is 49. The van der Waals surface area contributed by atoms with Crippen LogP contribution in [0.5, 0.6) is 0 Å². The van der Waals surface area contributed by atoms with Crippen molar-refractivity contribution in [3.8, 4) is 81.5 Å². The van der Waals surface area contributed by atoms with E-state index in [0.717, 1.165) is 185 Å². The third-order valence-corrected chi connectivity index (χ3v) is 34.8. The summed E-state index contributed by atoms with van der Waals surface area (Å²) >= 11 is 12.4. The van der Waals surface area contributed by atoms with E-state index in [9.17, 15) is 28.8 Å². The summed E-state index contributed by atoms with van der Waals surface area (Å²) in [6.45, 7) is 17.9. The Morgan fingerprint density at radius 1 is 0.307 bits per heavy atom. The van der Waals surface area contributed by atoms with Gasteiger partial charge in [-0.2, -0.15) is 8.75 Å². The van der Waals surface area contributed by atoms with Crippen molar-refractivity contribution >= 4 is 145 Å². The molecular formula is C92H112N2O12S7Si. The van der Waals surface area contributed by atoms with Crippen LogP contribution in [0.15, 0.2) is 97.1 Å². The van der Waals surface area contributed by atoms with Crippen LogP contribution in [-0.4, -0.2) is 92.3 Å². The number of fused-ring (bicyclic) bond motifs is 4. The molecule has 1 aliphatic heterocycles. The van der Waals surface area contributed by atoms with Gasteiger partial charge in [0.25, 0.3) is 0 Å². The molecule has 0 saturated heterocycles. The number of carbonyl (C=O) groups is 6. The lowest BCUT2D eigenvalue weighted by Crippen LogP contribution is -2.55. The zero-order chi connectivity index (χ0) is 80.4. The number of esters is 6. The fourth-order valence-corrected chi connectivity index (χ4v) is 29.5. The summed E-state index contributed by atoms with van der Waals surface area (Å²) in [5.74, 6) is -0.816. The first-order valence-electron chi connectivity index (χ1n) is 41.7. The second kappa shape index (κ2) is 44.3. The zero-order valence-corrected chi connectivity index (χ0v) is 74.6. The molecule has 0 radical (unpaired) electrons. The molecular weight excluding hydrogens is 1580 g/mol. The van der Waals surface area contributed by atoms with Gasteiger partial charge in [-0.3, -0.25) is 28.8 Å². The number of hydrogen-bond acceptors (Lipinski definition) is 21.